The van der Waals surface area contributed by atoms with Crippen molar-refractivity contribution in [1.29, 1.82) is 0 Å². The van der Waals surface area contributed by atoms with Crippen LogP contribution in [0.15, 0.2) is 24.3 Å². The van der Waals surface area contributed by atoms with E-state index in [0.717, 1.165) is 18.5 Å². The predicted octanol–water partition coefficient (Wildman–Crippen LogP) is 2.80. The van der Waals surface area contributed by atoms with Gasteiger partial charge in [-0.2, -0.15) is 0 Å². The molecule has 1 aliphatic heterocycles. The zero-order valence-corrected chi connectivity index (χ0v) is 11.6. The van der Waals surface area contributed by atoms with Gasteiger partial charge in [0.2, 0.25) is 5.91 Å². The molecule has 1 heterocycles. The Morgan fingerprint density at radius 3 is 2.89 bits per heavy atom. The lowest BCUT2D eigenvalue weighted by molar-refractivity contribution is 0.0877. The number of benzene rings is 1. The van der Waals surface area contributed by atoms with Crippen molar-refractivity contribution < 1.29 is 4.79 Å². The minimum atomic E-state index is -0.218. The van der Waals surface area contributed by atoms with Gasteiger partial charge in [-0.1, -0.05) is 37.7 Å². The molecular formula is C15H19BN2O. The molecule has 19 heavy (non-hydrogen) atoms. The summed E-state index contributed by atoms with van der Waals surface area (Å²) in [5.41, 5.74) is 1.59. The van der Waals surface area contributed by atoms with E-state index in [0.29, 0.717) is 5.56 Å². The molecule has 0 saturated heterocycles. The van der Waals surface area contributed by atoms with Crippen LogP contribution in [0.2, 0.25) is 0 Å². The van der Waals surface area contributed by atoms with Crippen molar-refractivity contribution >= 4 is 18.6 Å². The van der Waals surface area contributed by atoms with E-state index in [1.54, 1.807) is 11.9 Å². The number of amides is 1. The first-order chi connectivity index (χ1) is 9.24. The molecule has 0 atom stereocenters. The molecule has 1 amide bonds. The van der Waals surface area contributed by atoms with Gasteiger partial charge in [-0.05, 0) is 25.6 Å². The molecule has 0 radical (unpaired) electrons. The maximum atomic E-state index is 12.2. The highest BCUT2D eigenvalue weighted by molar-refractivity contribution is 6.71. The normalized spacial score (nSPS) is 13.5. The van der Waals surface area contributed by atoms with E-state index >= 15 is 0 Å². The average molecular weight is 254 g/mol. The topological polar surface area (TPSA) is 32.3 Å². The number of para-hydroxylation sites is 1. The molecule has 0 fully saturated rings. The summed E-state index contributed by atoms with van der Waals surface area (Å²) in [4.78, 5) is 13.8. The zero-order chi connectivity index (χ0) is 13.7. The second-order valence-corrected chi connectivity index (χ2v) is 4.79. The molecule has 1 aromatic carbocycles. The molecule has 0 saturated carbocycles. The van der Waals surface area contributed by atoms with Crippen molar-refractivity contribution in [2.24, 2.45) is 0 Å². The van der Waals surface area contributed by atoms with Crippen molar-refractivity contribution in [2.45, 2.75) is 32.6 Å². The fourth-order valence-corrected chi connectivity index (χ4v) is 2.11. The average Bonchev–Trinajstić information content (AvgIpc) is 2.44. The van der Waals surface area contributed by atoms with Crippen molar-refractivity contribution in [3.8, 4) is 11.7 Å². The summed E-state index contributed by atoms with van der Waals surface area (Å²) in [7, 11) is 1.79. The fraction of sp³-hybridized carbons (Fsp3) is 0.400. The fourth-order valence-electron chi connectivity index (χ4n) is 2.11. The van der Waals surface area contributed by atoms with Crippen LogP contribution in [0, 0.1) is 11.7 Å². The van der Waals surface area contributed by atoms with Crippen molar-refractivity contribution in [2.75, 3.05) is 12.3 Å². The molecular weight excluding hydrogens is 235 g/mol. The van der Waals surface area contributed by atoms with Crippen LogP contribution in [0.4, 0.5) is 5.69 Å². The van der Waals surface area contributed by atoms with Crippen LogP contribution in [-0.4, -0.2) is 24.7 Å². The Labute approximate surface area is 115 Å². The Morgan fingerprint density at radius 2 is 2.11 bits per heavy atom. The maximum Gasteiger partial charge on any atom is 0.465 e. The van der Waals surface area contributed by atoms with Crippen LogP contribution in [0.5, 0.6) is 0 Å². The lowest BCUT2D eigenvalue weighted by atomic mass is 9.72. The van der Waals surface area contributed by atoms with Gasteiger partial charge in [-0.15, -0.1) is 5.92 Å². The summed E-state index contributed by atoms with van der Waals surface area (Å²) < 4.78 is 0. The highest BCUT2D eigenvalue weighted by Crippen LogP contribution is 2.22. The minimum Gasteiger partial charge on any atom is -0.397 e. The van der Waals surface area contributed by atoms with Gasteiger partial charge in [0.15, 0.2) is 0 Å². The van der Waals surface area contributed by atoms with Crippen molar-refractivity contribution in [3.05, 3.63) is 29.8 Å². The van der Waals surface area contributed by atoms with Crippen LogP contribution in [0.25, 0.3) is 0 Å². The molecule has 1 N–H and O–H groups in total. The van der Waals surface area contributed by atoms with Crippen LogP contribution < -0.4 is 5.23 Å². The Balaban J connectivity index is 2.06. The maximum absolute atomic E-state index is 12.2. The summed E-state index contributed by atoms with van der Waals surface area (Å²) >= 11 is 0. The van der Waals surface area contributed by atoms with E-state index < -0.39 is 0 Å². The van der Waals surface area contributed by atoms with E-state index in [1.807, 2.05) is 24.3 Å². The summed E-state index contributed by atoms with van der Waals surface area (Å²) in [6.07, 6.45) is 4.44. The number of nitrogens with one attached hydrogen (secondary N) is 1. The number of nitrogens with zero attached hydrogens (tertiary/aromatic N) is 1. The van der Waals surface area contributed by atoms with E-state index in [1.165, 1.54) is 12.8 Å². The summed E-state index contributed by atoms with van der Waals surface area (Å²) in [5, 5.41) is 3.30. The third kappa shape index (κ3) is 3.11. The highest BCUT2D eigenvalue weighted by atomic mass is 16.2. The molecule has 0 aromatic heterocycles. The molecule has 1 aliphatic rings. The van der Waals surface area contributed by atoms with Crippen LogP contribution in [0.3, 0.4) is 0 Å². The Morgan fingerprint density at radius 1 is 1.32 bits per heavy atom. The lowest BCUT2D eigenvalue weighted by Gasteiger charge is -2.29. The molecule has 0 unspecified atom stereocenters. The van der Waals surface area contributed by atoms with Gasteiger partial charge in [-0.25, -0.2) is 0 Å². The second-order valence-electron chi connectivity index (χ2n) is 4.79. The first-order valence-electron chi connectivity index (χ1n) is 6.85. The minimum absolute atomic E-state index is 0.0298. The Kier molecular flexibility index (Phi) is 4.51. The van der Waals surface area contributed by atoms with Crippen LogP contribution >= 0.6 is 0 Å². The first kappa shape index (κ1) is 13.5. The lowest BCUT2D eigenvalue weighted by Crippen LogP contribution is -2.49. The quantitative estimate of drug-likeness (QED) is 0.511. The van der Waals surface area contributed by atoms with Gasteiger partial charge in [0, 0.05) is 12.1 Å². The summed E-state index contributed by atoms with van der Waals surface area (Å²) in [6.45, 7) is 1.96. The van der Waals surface area contributed by atoms with E-state index in [-0.39, 0.29) is 12.9 Å². The van der Waals surface area contributed by atoms with E-state index in [4.69, 9.17) is 0 Å². The van der Waals surface area contributed by atoms with Gasteiger partial charge in [-0.3, -0.25) is 4.79 Å². The van der Waals surface area contributed by atoms with Crippen LogP contribution in [-0.2, 0) is 0 Å². The second kappa shape index (κ2) is 6.33. The predicted molar refractivity (Wildman–Crippen MR) is 79.8 cm³/mol. The zero-order valence-electron chi connectivity index (χ0n) is 11.6. The van der Waals surface area contributed by atoms with Crippen molar-refractivity contribution in [1.82, 2.24) is 4.81 Å². The molecule has 0 spiro atoms. The number of carbonyl (C=O) groups is 1. The SMILES string of the molecule is CCCCCC#CB1Nc2ccccc2C(=O)N1C. The molecule has 0 bridgehead atoms. The highest BCUT2D eigenvalue weighted by Gasteiger charge is 2.31. The molecule has 3 nitrogen and oxygen atoms in total. The number of hydrogen-bond acceptors (Lipinski definition) is 2. The van der Waals surface area contributed by atoms with Gasteiger partial charge in [0.25, 0.3) is 0 Å². The molecule has 0 aliphatic carbocycles. The molecule has 1 aromatic rings. The Bertz CT molecular complexity index is 518. The van der Waals surface area contributed by atoms with Gasteiger partial charge in [0.05, 0.1) is 5.56 Å². The van der Waals surface area contributed by atoms with Gasteiger partial charge < -0.3 is 10.0 Å². The number of anilines is 1. The number of carbonyl (C=O) groups excluding carboxylic acids is 1. The summed E-state index contributed by atoms with van der Waals surface area (Å²) in [6, 6.07) is 7.57. The number of hydrogen-bond donors (Lipinski definition) is 1. The largest absolute Gasteiger partial charge is 0.465 e. The smallest absolute Gasteiger partial charge is 0.397 e. The number of fused-ring (bicyclic) bond motifs is 1. The van der Waals surface area contributed by atoms with Gasteiger partial charge in [0.1, 0.15) is 0 Å². The first-order valence-corrected chi connectivity index (χ1v) is 6.85. The summed E-state index contributed by atoms with van der Waals surface area (Å²) in [5.74, 6) is 6.34. The van der Waals surface area contributed by atoms with Crippen LogP contribution in [0.1, 0.15) is 43.0 Å². The number of rotatable bonds is 3. The monoisotopic (exact) mass is 254 g/mol. The van der Waals surface area contributed by atoms with E-state index in [2.05, 4.69) is 23.9 Å². The van der Waals surface area contributed by atoms with Gasteiger partial charge >= 0.3 is 6.98 Å². The van der Waals surface area contributed by atoms with E-state index in [9.17, 15) is 4.79 Å². The molecule has 4 heteroatoms. The standard InChI is InChI=1S/C15H19BN2O/c1-3-4-5-6-9-12-16-17-14-11-8-7-10-13(14)15(19)18(16)2/h7-8,10-11,17H,3-6H2,1-2H3. The third-order valence-corrected chi connectivity index (χ3v) is 3.30. The molecule has 2 rings (SSSR count). The van der Waals surface area contributed by atoms with Crippen molar-refractivity contribution in [3.63, 3.8) is 0 Å². The number of unbranched alkanes of at least 4 members (excludes halogenated alkanes) is 3. The Hall–Kier alpha value is -1.89. The molecule has 98 valence electrons. The third-order valence-electron chi connectivity index (χ3n) is 3.30.